The van der Waals surface area contributed by atoms with Crippen molar-refractivity contribution in [3.63, 3.8) is 0 Å². The van der Waals surface area contributed by atoms with Gasteiger partial charge in [0.2, 0.25) is 0 Å². The van der Waals surface area contributed by atoms with Crippen LogP contribution in [0.2, 0.25) is 0 Å². The van der Waals surface area contributed by atoms with Gasteiger partial charge in [0.25, 0.3) is 0 Å². The molecule has 18 heavy (non-hydrogen) atoms. The van der Waals surface area contributed by atoms with E-state index in [1.54, 1.807) is 0 Å². The molecule has 0 N–H and O–H groups in total. The summed E-state index contributed by atoms with van der Waals surface area (Å²) in [6.07, 6.45) is 2.72. The summed E-state index contributed by atoms with van der Waals surface area (Å²) in [4.78, 5) is 22.9. The normalized spacial score (nSPS) is 10.1. The van der Waals surface area contributed by atoms with Gasteiger partial charge < -0.3 is 4.74 Å². The highest BCUT2D eigenvalue weighted by atomic mass is 16.5. The first-order chi connectivity index (χ1) is 8.72. The summed E-state index contributed by atoms with van der Waals surface area (Å²) in [6.45, 7) is 2.50. The predicted molar refractivity (Wildman–Crippen MR) is 70.3 cm³/mol. The summed E-state index contributed by atoms with van der Waals surface area (Å²) in [6, 6.07) is 9.55. The number of ether oxygens (including phenoxy) is 1. The Morgan fingerprint density at radius 2 is 1.83 bits per heavy atom. The van der Waals surface area contributed by atoms with Gasteiger partial charge >= 0.3 is 5.97 Å². The summed E-state index contributed by atoms with van der Waals surface area (Å²) in [7, 11) is 0. The van der Waals surface area contributed by atoms with Crippen LogP contribution in [0.3, 0.4) is 0 Å². The average Bonchev–Trinajstić information content (AvgIpc) is 2.38. The summed E-state index contributed by atoms with van der Waals surface area (Å²) in [5, 5.41) is 0. The number of hydrogen-bond donors (Lipinski definition) is 0. The van der Waals surface area contributed by atoms with Crippen LogP contribution in [-0.4, -0.2) is 18.4 Å². The molecule has 3 nitrogen and oxygen atoms in total. The van der Waals surface area contributed by atoms with Gasteiger partial charge in [-0.15, -0.1) is 0 Å². The van der Waals surface area contributed by atoms with E-state index in [0.29, 0.717) is 13.0 Å². The zero-order valence-electron chi connectivity index (χ0n) is 10.9. The van der Waals surface area contributed by atoms with E-state index in [2.05, 4.69) is 0 Å². The quantitative estimate of drug-likeness (QED) is 0.525. The molecule has 0 fully saturated rings. The molecule has 0 atom stereocenters. The van der Waals surface area contributed by atoms with E-state index in [1.165, 1.54) is 0 Å². The van der Waals surface area contributed by atoms with Gasteiger partial charge in [-0.05, 0) is 12.0 Å². The minimum absolute atomic E-state index is 0.0774. The number of ketones is 1. The molecule has 1 aromatic carbocycles. The SMILES string of the molecule is CCCCOC(=O)CCC(=O)Cc1ccccc1. The fraction of sp³-hybridized carbons (Fsp3) is 0.467. The maximum absolute atomic E-state index is 11.6. The van der Waals surface area contributed by atoms with E-state index < -0.39 is 0 Å². The molecule has 98 valence electrons. The maximum Gasteiger partial charge on any atom is 0.306 e. The van der Waals surface area contributed by atoms with E-state index in [0.717, 1.165) is 18.4 Å². The molecular formula is C15H20O3. The Kier molecular flexibility index (Phi) is 6.77. The fourth-order valence-electron chi connectivity index (χ4n) is 1.56. The highest BCUT2D eigenvalue weighted by molar-refractivity contribution is 5.84. The molecule has 0 aliphatic heterocycles. The lowest BCUT2D eigenvalue weighted by molar-refractivity contribution is -0.144. The van der Waals surface area contributed by atoms with Crippen LogP contribution in [0, 0.1) is 0 Å². The van der Waals surface area contributed by atoms with Gasteiger partial charge in [-0.1, -0.05) is 43.7 Å². The zero-order valence-corrected chi connectivity index (χ0v) is 10.9. The van der Waals surface area contributed by atoms with Crippen molar-refractivity contribution >= 4 is 11.8 Å². The zero-order chi connectivity index (χ0) is 13.2. The average molecular weight is 248 g/mol. The summed E-state index contributed by atoms with van der Waals surface area (Å²) in [5.41, 5.74) is 0.988. The summed E-state index contributed by atoms with van der Waals surface area (Å²) in [5.74, 6) is -0.196. The predicted octanol–water partition coefficient (Wildman–Crippen LogP) is 2.92. The number of esters is 1. The van der Waals surface area contributed by atoms with Gasteiger partial charge in [-0.2, -0.15) is 0 Å². The number of hydrogen-bond acceptors (Lipinski definition) is 3. The van der Waals surface area contributed by atoms with Crippen LogP contribution >= 0.6 is 0 Å². The number of carbonyl (C=O) groups is 2. The van der Waals surface area contributed by atoms with Gasteiger partial charge in [0.05, 0.1) is 13.0 Å². The topological polar surface area (TPSA) is 43.4 Å². The molecule has 0 radical (unpaired) electrons. The fourth-order valence-corrected chi connectivity index (χ4v) is 1.56. The van der Waals surface area contributed by atoms with Crippen LogP contribution in [0.1, 0.15) is 38.2 Å². The van der Waals surface area contributed by atoms with Crippen LogP contribution in [0.25, 0.3) is 0 Å². The Morgan fingerprint density at radius 1 is 1.11 bits per heavy atom. The maximum atomic E-state index is 11.6. The Hall–Kier alpha value is -1.64. The van der Waals surface area contributed by atoms with Crippen LogP contribution in [0.5, 0.6) is 0 Å². The monoisotopic (exact) mass is 248 g/mol. The van der Waals surface area contributed by atoms with Crippen molar-refractivity contribution < 1.29 is 14.3 Å². The molecule has 1 rings (SSSR count). The third-order valence-electron chi connectivity index (χ3n) is 2.61. The highest BCUT2D eigenvalue weighted by Crippen LogP contribution is 2.04. The lowest BCUT2D eigenvalue weighted by Gasteiger charge is -2.03. The second-order valence-corrected chi connectivity index (χ2v) is 4.28. The van der Waals surface area contributed by atoms with Crippen molar-refractivity contribution in [3.05, 3.63) is 35.9 Å². The Bertz CT molecular complexity index is 371. The number of unbranched alkanes of at least 4 members (excludes halogenated alkanes) is 1. The lowest BCUT2D eigenvalue weighted by Crippen LogP contribution is -2.10. The first-order valence-corrected chi connectivity index (χ1v) is 6.43. The highest BCUT2D eigenvalue weighted by Gasteiger charge is 2.08. The molecule has 0 aromatic heterocycles. The van der Waals surface area contributed by atoms with E-state index >= 15 is 0 Å². The minimum Gasteiger partial charge on any atom is -0.466 e. The number of benzene rings is 1. The Balaban J connectivity index is 2.19. The van der Waals surface area contributed by atoms with Crippen molar-refractivity contribution in [2.75, 3.05) is 6.61 Å². The Labute approximate surface area is 108 Å². The van der Waals surface area contributed by atoms with Crippen LogP contribution < -0.4 is 0 Å². The largest absolute Gasteiger partial charge is 0.466 e. The van der Waals surface area contributed by atoms with Crippen molar-refractivity contribution in [1.82, 2.24) is 0 Å². The van der Waals surface area contributed by atoms with Crippen LogP contribution in [0.4, 0.5) is 0 Å². The first-order valence-electron chi connectivity index (χ1n) is 6.43. The molecule has 0 aliphatic rings. The van der Waals surface area contributed by atoms with E-state index in [1.807, 2.05) is 37.3 Å². The van der Waals surface area contributed by atoms with Gasteiger partial charge in [0, 0.05) is 12.8 Å². The first kappa shape index (κ1) is 14.4. The second kappa shape index (κ2) is 8.45. The molecule has 0 heterocycles. The van der Waals surface area contributed by atoms with Gasteiger partial charge in [-0.3, -0.25) is 9.59 Å². The van der Waals surface area contributed by atoms with Crippen molar-refractivity contribution in [3.8, 4) is 0 Å². The minimum atomic E-state index is -0.273. The standard InChI is InChI=1S/C15H20O3/c1-2-3-11-18-15(17)10-9-14(16)12-13-7-5-4-6-8-13/h4-8H,2-3,9-12H2,1H3. The van der Waals surface area contributed by atoms with Crippen molar-refractivity contribution in [2.24, 2.45) is 0 Å². The van der Waals surface area contributed by atoms with E-state index in [-0.39, 0.29) is 24.6 Å². The molecule has 0 bridgehead atoms. The molecular weight excluding hydrogens is 228 g/mol. The number of carbonyl (C=O) groups excluding carboxylic acids is 2. The second-order valence-electron chi connectivity index (χ2n) is 4.28. The molecule has 0 saturated heterocycles. The lowest BCUT2D eigenvalue weighted by atomic mass is 10.1. The molecule has 1 aromatic rings. The van der Waals surface area contributed by atoms with Crippen LogP contribution in [0.15, 0.2) is 30.3 Å². The van der Waals surface area contributed by atoms with Gasteiger partial charge in [0.1, 0.15) is 5.78 Å². The number of Topliss-reactive ketones (excluding diaryl/α,β-unsaturated/α-hetero) is 1. The molecule has 0 saturated carbocycles. The van der Waals surface area contributed by atoms with Crippen LogP contribution in [-0.2, 0) is 20.7 Å². The molecule has 0 unspecified atom stereocenters. The molecule has 0 spiro atoms. The molecule has 3 heteroatoms. The van der Waals surface area contributed by atoms with Gasteiger partial charge in [0.15, 0.2) is 0 Å². The van der Waals surface area contributed by atoms with Gasteiger partial charge in [-0.25, -0.2) is 0 Å². The molecule has 0 amide bonds. The molecule has 0 aliphatic carbocycles. The smallest absolute Gasteiger partial charge is 0.306 e. The Morgan fingerprint density at radius 3 is 2.50 bits per heavy atom. The summed E-state index contributed by atoms with van der Waals surface area (Å²) >= 11 is 0. The number of rotatable bonds is 8. The van der Waals surface area contributed by atoms with Crippen molar-refractivity contribution in [1.29, 1.82) is 0 Å². The third-order valence-corrected chi connectivity index (χ3v) is 2.61. The van der Waals surface area contributed by atoms with E-state index in [9.17, 15) is 9.59 Å². The third kappa shape index (κ3) is 6.18. The van der Waals surface area contributed by atoms with Crippen molar-refractivity contribution in [2.45, 2.75) is 39.0 Å². The summed E-state index contributed by atoms with van der Waals surface area (Å²) < 4.78 is 4.99. The van der Waals surface area contributed by atoms with E-state index in [4.69, 9.17) is 4.74 Å².